The first-order valence-corrected chi connectivity index (χ1v) is 11.8. The van der Waals surface area contributed by atoms with Crippen LogP contribution in [0.2, 0.25) is 0 Å². The molecule has 1 aromatic heterocycles. The summed E-state index contributed by atoms with van der Waals surface area (Å²) in [6.45, 7) is 3.04. The van der Waals surface area contributed by atoms with Crippen LogP contribution in [0.15, 0.2) is 54.6 Å². The van der Waals surface area contributed by atoms with E-state index in [1.54, 1.807) is 25.1 Å². The summed E-state index contributed by atoms with van der Waals surface area (Å²) >= 11 is 1.09. The zero-order valence-electron chi connectivity index (χ0n) is 18.6. The van der Waals surface area contributed by atoms with E-state index < -0.39 is 5.97 Å². The Hall–Kier alpha value is -3.79. The van der Waals surface area contributed by atoms with E-state index in [4.69, 9.17) is 4.74 Å². The molecule has 1 N–H and O–H groups in total. The summed E-state index contributed by atoms with van der Waals surface area (Å²) in [6, 6.07) is 15.9. The van der Waals surface area contributed by atoms with E-state index in [2.05, 4.69) is 10.3 Å². The lowest BCUT2D eigenvalue weighted by Gasteiger charge is -2.32. The number of nitrogens with one attached hydrogen (secondary N) is 1. The van der Waals surface area contributed by atoms with Crippen LogP contribution < -0.4 is 10.2 Å². The van der Waals surface area contributed by atoms with Crippen LogP contribution in [0.5, 0.6) is 0 Å². The van der Waals surface area contributed by atoms with E-state index in [0.29, 0.717) is 47.3 Å². The van der Waals surface area contributed by atoms with Crippen LogP contribution in [0.25, 0.3) is 11.3 Å². The fourth-order valence-electron chi connectivity index (χ4n) is 3.98. The number of anilines is 2. The Labute approximate surface area is 200 Å². The molecule has 3 aromatic rings. The molecular formula is C24H24N4O5S. The number of nitrogens with zero attached hydrogens (tertiary/aromatic N) is 3. The van der Waals surface area contributed by atoms with Gasteiger partial charge in [-0.25, -0.2) is 9.78 Å². The van der Waals surface area contributed by atoms with Gasteiger partial charge in [-0.2, -0.15) is 0 Å². The first kappa shape index (κ1) is 23.4. The molecule has 2 heterocycles. The molecule has 176 valence electrons. The molecule has 1 saturated heterocycles. The smallest absolute Gasteiger partial charge is 0.350 e. The Morgan fingerprint density at radius 1 is 1.15 bits per heavy atom. The second-order valence-electron chi connectivity index (χ2n) is 7.78. The minimum atomic E-state index is -0.475. The quantitative estimate of drug-likeness (QED) is 0.295. The van der Waals surface area contributed by atoms with Crippen LogP contribution in [0, 0.1) is 16.0 Å². The number of carbonyl (C=O) groups is 2. The van der Waals surface area contributed by atoms with Gasteiger partial charge in [-0.05, 0) is 25.8 Å². The number of rotatable bonds is 7. The third-order valence-electron chi connectivity index (χ3n) is 5.65. The fourth-order valence-corrected chi connectivity index (χ4v) is 4.86. The van der Waals surface area contributed by atoms with Gasteiger partial charge in [0.1, 0.15) is 10.6 Å². The van der Waals surface area contributed by atoms with E-state index in [-0.39, 0.29) is 29.0 Å². The normalized spacial score (nSPS) is 14.0. The van der Waals surface area contributed by atoms with E-state index in [0.717, 1.165) is 16.9 Å². The third kappa shape index (κ3) is 5.07. The minimum absolute atomic E-state index is 0.0631. The Morgan fingerprint density at radius 3 is 2.50 bits per heavy atom. The molecule has 1 aliphatic heterocycles. The topological polar surface area (TPSA) is 115 Å². The van der Waals surface area contributed by atoms with Gasteiger partial charge in [-0.15, -0.1) is 0 Å². The van der Waals surface area contributed by atoms with E-state index in [1.807, 2.05) is 35.2 Å². The van der Waals surface area contributed by atoms with Crippen molar-refractivity contribution in [3.63, 3.8) is 0 Å². The maximum atomic E-state index is 13.0. The van der Waals surface area contributed by atoms with Crippen LogP contribution in [-0.2, 0) is 9.53 Å². The molecule has 0 saturated carbocycles. The number of hydrogen-bond donors (Lipinski definition) is 1. The monoisotopic (exact) mass is 480 g/mol. The molecule has 0 radical (unpaired) electrons. The number of thiazole rings is 1. The van der Waals surface area contributed by atoms with E-state index in [9.17, 15) is 19.7 Å². The van der Waals surface area contributed by atoms with Gasteiger partial charge in [0.2, 0.25) is 5.91 Å². The number of carbonyl (C=O) groups excluding carboxylic acids is 2. The average Bonchev–Trinajstić information content (AvgIpc) is 3.28. The molecule has 0 aliphatic carbocycles. The highest BCUT2D eigenvalue weighted by Crippen LogP contribution is 2.34. The highest BCUT2D eigenvalue weighted by molar-refractivity contribution is 7.18. The number of nitro benzene ring substituents is 1. The lowest BCUT2D eigenvalue weighted by Crippen LogP contribution is -2.38. The second-order valence-corrected chi connectivity index (χ2v) is 8.78. The standard InChI is InChI=1S/C24H24N4O5S/c1-2-33-23(30)21-20(16-8-4-3-5-9-16)25-24(34-21)26-22(29)17-12-14-27(15-13-17)18-10-6-7-11-19(18)28(31)32/h3-11,17H,2,12-15H2,1H3,(H,25,26,29). The first-order valence-electron chi connectivity index (χ1n) is 11.0. The number of hydrogen-bond acceptors (Lipinski definition) is 8. The molecular weight excluding hydrogens is 456 g/mol. The van der Waals surface area contributed by atoms with Crippen molar-refractivity contribution in [3.05, 3.63) is 69.6 Å². The van der Waals surface area contributed by atoms with Crippen LogP contribution in [0.1, 0.15) is 29.4 Å². The van der Waals surface area contributed by atoms with Gasteiger partial charge < -0.3 is 15.0 Å². The van der Waals surface area contributed by atoms with Crippen molar-refractivity contribution in [1.82, 2.24) is 4.98 Å². The van der Waals surface area contributed by atoms with E-state index in [1.165, 1.54) is 6.07 Å². The van der Waals surface area contributed by atoms with Crippen molar-refractivity contribution in [2.24, 2.45) is 5.92 Å². The van der Waals surface area contributed by atoms with Crippen LogP contribution in [0.3, 0.4) is 0 Å². The largest absolute Gasteiger partial charge is 0.462 e. The van der Waals surface area contributed by atoms with Crippen LogP contribution in [0.4, 0.5) is 16.5 Å². The number of benzene rings is 2. The molecule has 1 fully saturated rings. The molecule has 0 bridgehead atoms. The van der Waals surface area contributed by atoms with Gasteiger partial charge in [0.05, 0.1) is 17.2 Å². The Morgan fingerprint density at radius 2 is 1.82 bits per heavy atom. The lowest BCUT2D eigenvalue weighted by atomic mass is 9.95. The van der Waals surface area contributed by atoms with Crippen molar-refractivity contribution in [3.8, 4) is 11.3 Å². The number of esters is 1. The summed E-state index contributed by atoms with van der Waals surface area (Å²) in [5.41, 5.74) is 1.87. The van der Waals surface area contributed by atoms with Crippen LogP contribution in [-0.4, -0.2) is 41.5 Å². The number of nitro groups is 1. The van der Waals surface area contributed by atoms with Gasteiger partial charge in [0.15, 0.2) is 5.13 Å². The SMILES string of the molecule is CCOC(=O)c1sc(NC(=O)C2CCN(c3ccccc3[N+](=O)[O-])CC2)nc1-c1ccccc1. The summed E-state index contributed by atoms with van der Waals surface area (Å²) in [4.78, 5) is 43.2. The molecule has 1 aliphatic rings. The summed E-state index contributed by atoms with van der Waals surface area (Å²) < 4.78 is 5.17. The summed E-state index contributed by atoms with van der Waals surface area (Å²) in [5, 5.41) is 14.5. The first-order chi connectivity index (χ1) is 16.5. The fraction of sp³-hybridized carbons (Fsp3) is 0.292. The molecule has 4 rings (SSSR count). The number of ether oxygens (including phenoxy) is 1. The molecule has 9 nitrogen and oxygen atoms in total. The molecule has 0 atom stereocenters. The van der Waals surface area contributed by atoms with Gasteiger partial charge in [0, 0.05) is 30.6 Å². The zero-order valence-corrected chi connectivity index (χ0v) is 19.4. The molecule has 0 unspecified atom stereocenters. The molecule has 10 heteroatoms. The second kappa shape index (κ2) is 10.4. The molecule has 34 heavy (non-hydrogen) atoms. The predicted molar refractivity (Wildman–Crippen MR) is 130 cm³/mol. The number of piperidine rings is 1. The van der Waals surface area contributed by atoms with Gasteiger partial charge in [-0.3, -0.25) is 14.9 Å². The van der Waals surface area contributed by atoms with E-state index >= 15 is 0 Å². The average molecular weight is 481 g/mol. The minimum Gasteiger partial charge on any atom is -0.462 e. The van der Waals surface area contributed by atoms with Crippen molar-refractivity contribution in [1.29, 1.82) is 0 Å². The lowest BCUT2D eigenvalue weighted by molar-refractivity contribution is -0.384. The predicted octanol–water partition coefficient (Wildman–Crippen LogP) is 4.75. The van der Waals surface area contributed by atoms with Crippen molar-refractivity contribution < 1.29 is 19.2 Å². The molecule has 2 aromatic carbocycles. The highest BCUT2D eigenvalue weighted by Gasteiger charge is 2.29. The van der Waals surface area contributed by atoms with Crippen molar-refractivity contribution in [2.45, 2.75) is 19.8 Å². The Balaban J connectivity index is 1.46. The number of aromatic nitrogens is 1. The summed E-state index contributed by atoms with van der Waals surface area (Å²) in [7, 11) is 0. The van der Waals surface area contributed by atoms with Gasteiger partial charge >= 0.3 is 5.97 Å². The van der Waals surface area contributed by atoms with Gasteiger partial charge in [-0.1, -0.05) is 53.8 Å². The third-order valence-corrected chi connectivity index (χ3v) is 6.60. The van der Waals surface area contributed by atoms with Gasteiger partial charge in [0.25, 0.3) is 5.69 Å². The Kier molecular flexibility index (Phi) is 7.17. The zero-order chi connectivity index (χ0) is 24.1. The number of para-hydroxylation sites is 2. The van der Waals surface area contributed by atoms with Crippen molar-refractivity contribution in [2.75, 3.05) is 29.9 Å². The maximum absolute atomic E-state index is 13.0. The number of amides is 1. The maximum Gasteiger partial charge on any atom is 0.350 e. The molecule has 0 spiro atoms. The van der Waals surface area contributed by atoms with Crippen molar-refractivity contribution >= 4 is 39.7 Å². The van der Waals surface area contributed by atoms with Crippen LogP contribution >= 0.6 is 11.3 Å². The molecule has 1 amide bonds. The summed E-state index contributed by atoms with van der Waals surface area (Å²) in [6.07, 6.45) is 1.11. The summed E-state index contributed by atoms with van der Waals surface area (Å²) in [5.74, 6) is -0.905. The Bertz CT molecular complexity index is 1190. The highest BCUT2D eigenvalue weighted by atomic mass is 32.1.